The molecule has 3 nitrogen and oxygen atoms in total. The van der Waals surface area contributed by atoms with Crippen LogP contribution in [-0.4, -0.2) is 5.91 Å². The molecule has 0 atom stereocenters. The Balaban J connectivity index is 1.95. The van der Waals surface area contributed by atoms with Crippen LogP contribution in [0.1, 0.15) is 6.92 Å². The molecule has 0 bridgehead atoms. The number of hydrogen-bond donors (Lipinski definition) is 1. The van der Waals surface area contributed by atoms with E-state index < -0.39 is 0 Å². The smallest absolute Gasteiger partial charge is 0.254 e. The Labute approximate surface area is 112 Å². The van der Waals surface area contributed by atoms with Crippen LogP contribution in [0.15, 0.2) is 72.5 Å². The number of carbonyl (C=O) groups is 1. The lowest BCUT2D eigenvalue weighted by atomic mass is 10.3. The quantitative estimate of drug-likeness (QED) is 0.667. The maximum absolute atomic E-state index is 11.9. The lowest BCUT2D eigenvalue weighted by Crippen LogP contribution is -2.13. The van der Waals surface area contributed by atoms with Crippen molar-refractivity contribution in [2.45, 2.75) is 6.92 Å². The molecule has 0 unspecified atom stereocenters. The van der Waals surface area contributed by atoms with Gasteiger partial charge in [0.25, 0.3) is 5.91 Å². The molecule has 0 aliphatic carbocycles. The average molecular weight is 253 g/mol. The molecule has 0 aliphatic heterocycles. The fourth-order valence-electron chi connectivity index (χ4n) is 1.46. The second-order valence-corrected chi connectivity index (χ2v) is 4.05. The molecule has 0 spiro atoms. The number of ether oxygens (including phenoxy) is 1. The van der Waals surface area contributed by atoms with Gasteiger partial charge in [0.2, 0.25) is 0 Å². The highest BCUT2D eigenvalue weighted by molar-refractivity contribution is 6.03. The predicted octanol–water partition coefficient (Wildman–Crippen LogP) is 3.61. The largest absolute Gasteiger partial charge is 0.465 e. The van der Waals surface area contributed by atoms with E-state index in [1.807, 2.05) is 60.7 Å². The molecular formula is C16H15NO2. The van der Waals surface area contributed by atoms with E-state index in [0.29, 0.717) is 11.3 Å². The summed E-state index contributed by atoms with van der Waals surface area (Å²) in [5.74, 6) is 0.525. The zero-order valence-corrected chi connectivity index (χ0v) is 10.7. The molecule has 96 valence electrons. The van der Waals surface area contributed by atoms with Crippen LogP contribution in [-0.2, 0) is 4.79 Å². The molecule has 2 aromatic rings. The first kappa shape index (κ1) is 12.9. The van der Waals surface area contributed by atoms with Crippen LogP contribution >= 0.6 is 0 Å². The molecule has 2 aromatic carbocycles. The van der Waals surface area contributed by atoms with Crippen molar-refractivity contribution in [1.29, 1.82) is 0 Å². The van der Waals surface area contributed by atoms with Crippen LogP contribution in [0.25, 0.3) is 0 Å². The number of carbonyl (C=O) groups excluding carboxylic acids is 1. The Morgan fingerprint density at radius 2 is 1.58 bits per heavy atom. The van der Waals surface area contributed by atoms with Crippen LogP contribution in [0.2, 0.25) is 0 Å². The van der Waals surface area contributed by atoms with Gasteiger partial charge in [-0.15, -0.1) is 0 Å². The Morgan fingerprint density at radius 1 is 1.00 bits per heavy atom. The molecule has 1 amide bonds. The van der Waals surface area contributed by atoms with E-state index in [-0.39, 0.29) is 5.91 Å². The zero-order chi connectivity index (χ0) is 13.5. The van der Waals surface area contributed by atoms with Crippen LogP contribution in [0.4, 0.5) is 5.69 Å². The van der Waals surface area contributed by atoms with Crippen molar-refractivity contribution in [3.05, 3.63) is 72.5 Å². The van der Waals surface area contributed by atoms with Gasteiger partial charge in [-0.25, -0.2) is 0 Å². The fourth-order valence-corrected chi connectivity index (χ4v) is 1.46. The first-order valence-corrected chi connectivity index (χ1v) is 6.00. The second kappa shape index (κ2) is 6.40. The number of rotatable bonds is 4. The third-order valence-electron chi connectivity index (χ3n) is 2.50. The molecule has 3 heteroatoms. The Kier molecular flexibility index (Phi) is 4.34. The van der Waals surface area contributed by atoms with Crippen LogP contribution < -0.4 is 10.1 Å². The number of benzene rings is 2. The predicted molar refractivity (Wildman–Crippen MR) is 75.9 cm³/mol. The fraction of sp³-hybridized carbons (Fsp3) is 0.0625. The van der Waals surface area contributed by atoms with Crippen molar-refractivity contribution < 1.29 is 9.53 Å². The molecule has 0 heterocycles. The molecule has 0 saturated carbocycles. The van der Waals surface area contributed by atoms with Crippen LogP contribution in [0, 0.1) is 0 Å². The summed E-state index contributed by atoms with van der Waals surface area (Å²) in [7, 11) is 0. The molecular weight excluding hydrogens is 238 g/mol. The average Bonchev–Trinajstić information content (AvgIpc) is 2.47. The van der Waals surface area contributed by atoms with Crippen molar-refractivity contribution in [2.24, 2.45) is 0 Å². The normalized spacial score (nSPS) is 10.9. The van der Waals surface area contributed by atoms with Gasteiger partial charge < -0.3 is 10.1 Å². The Bertz CT molecular complexity index is 562. The van der Waals surface area contributed by atoms with E-state index in [9.17, 15) is 4.79 Å². The summed E-state index contributed by atoms with van der Waals surface area (Å²) in [5.41, 5.74) is 1.27. The SMILES string of the molecule is C/C(=C\Oc1ccccc1)C(=O)Nc1ccccc1. The lowest BCUT2D eigenvalue weighted by Gasteiger charge is -2.05. The van der Waals surface area contributed by atoms with Gasteiger partial charge in [0.15, 0.2) is 0 Å². The molecule has 0 aliphatic rings. The van der Waals surface area contributed by atoms with Crippen LogP contribution in [0.5, 0.6) is 5.75 Å². The minimum absolute atomic E-state index is 0.179. The summed E-state index contributed by atoms with van der Waals surface area (Å²) < 4.78 is 5.40. The zero-order valence-electron chi connectivity index (χ0n) is 10.7. The summed E-state index contributed by atoms with van der Waals surface area (Å²) in [6.45, 7) is 1.71. The number of hydrogen-bond acceptors (Lipinski definition) is 2. The Morgan fingerprint density at radius 3 is 2.21 bits per heavy atom. The van der Waals surface area contributed by atoms with E-state index in [2.05, 4.69) is 5.32 Å². The number of nitrogens with one attached hydrogen (secondary N) is 1. The second-order valence-electron chi connectivity index (χ2n) is 4.05. The molecule has 1 N–H and O–H groups in total. The standard InChI is InChI=1S/C16H15NO2/c1-13(12-19-15-10-6-3-7-11-15)16(18)17-14-8-4-2-5-9-14/h2-12H,1H3,(H,17,18)/b13-12+. The first-order chi connectivity index (χ1) is 9.25. The summed E-state index contributed by atoms with van der Waals surface area (Å²) in [6, 6.07) is 18.6. The van der Waals surface area contributed by atoms with E-state index in [1.54, 1.807) is 6.92 Å². The molecule has 2 rings (SSSR count). The van der Waals surface area contributed by atoms with Gasteiger partial charge in [0.1, 0.15) is 5.75 Å². The van der Waals surface area contributed by atoms with Gasteiger partial charge >= 0.3 is 0 Å². The topological polar surface area (TPSA) is 38.3 Å². The van der Waals surface area contributed by atoms with Gasteiger partial charge in [-0.3, -0.25) is 4.79 Å². The lowest BCUT2D eigenvalue weighted by molar-refractivity contribution is -0.112. The van der Waals surface area contributed by atoms with Gasteiger partial charge in [-0.05, 0) is 31.2 Å². The minimum atomic E-state index is -0.179. The monoisotopic (exact) mass is 253 g/mol. The summed E-state index contributed by atoms with van der Waals surface area (Å²) in [4.78, 5) is 11.9. The van der Waals surface area contributed by atoms with E-state index >= 15 is 0 Å². The van der Waals surface area contributed by atoms with Gasteiger partial charge in [0, 0.05) is 11.3 Å². The van der Waals surface area contributed by atoms with E-state index in [4.69, 9.17) is 4.74 Å². The Hall–Kier alpha value is -2.55. The van der Waals surface area contributed by atoms with Crippen molar-refractivity contribution in [2.75, 3.05) is 5.32 Å². The molecule has 0 aromatic heterocycles. The number of amides is 1. The number of anilines is 1. The van der Waals surface area contributed by atoms with Crippen molar-refractivity contribution in [3.63, 3.8) is 0 Å². The minimum Gasteiger partial charge on any atom is -0.465 e. The van der Waals surface area contributed by atoms with E-state index in [1.165, 1.54) is 6.26 Å². The highest BCUT2D eigenvalue weighted by Crippen LogP contribution is 2.11. The molecule has 0 fully saturated rings. The molecule has 0 saturated heterocycles. The van der Waals surface area contributed by atoms with Gasteiger partial charge in [-0.2, -0.15) is 0 Å². The molecule has 19 heavy (non-hydrogen) atoms. The third kappa shape index (κ3) is 4.00. The first-order valence-electron chi connectivity index (χ1n) is 6.00. The highest BCUT2D eigenvalue weighted by atomic mass is 16.5. The maximum atomic E-state index is 11.9. The third-order valence-corrected chi connectivity index (χ3v) is 2.50. The summed E-state index contributed by atoms with van der Waals surface area (Å²) >= 11 is 0. The van der Waals surface area contributed by atoms with Gasteiger partial charge in [0.05, 0.1) is 6.26 Å². The van der Waals surface area contributed by atoms with E-state index in [0.717, 1.165) is 5.69 Å². The van der Waals surface area contributed by atoms with Crippen molar-refractivity contribution in [1.82, 2.24) is 0 Å². The molecule has 0 radical (unpaired) electrons. The summed E-state index contributed by atoms with van der Waals surface area (Å²) in [6.07, 6.45) is 1.45. The van der Waals surface area contributed by atoms with Gasteiger partial charge in [-0.1, -0.05) is 36.4 Å². The highest BCUT2D eigenvalue weighted by Gasteiger charge is 2.04. The summed E-state index contributed by atoms with van der Waals surface area (Å²) in [5, 5.41) is 2.79. The van der Waals surface area contributed by atoms with Crippen LogP contribution in [0.3, 0.4) is 0 Å². The number of para-hydroxylation sites is 2. The van der Waals surface area contributed by atoms with Crippen molar-refractivity contribution in [3.8, 4) is 5.75 Å². The van der Waals surface area contributed by atoms with Crippen molar-refractivity contribution >= 4 is 11.6 Å². The maximum Gasteiger partial charge on any atom is 0.254 e.